The van der Waals surface area contributed by atoms with Crippen molar-refractivity contribution in [3.8, 4) is 0 Å². The molecule has 1 aliphatic rings. The SMILES string of the molecule is CSc1ccc(C(c2ccc(F)cc2)N2CCCC(C(=O)O)C2)cc1. The van der Waals surface area contributed by atoms with Crippen LogP contribution in [0.25, 0.3) is 0 Å². The zero-order chi connectivity index (χ0) is 17.8. The van der Waals surface area contributed by atoms with Crippen molar-refractivity contribution in [2.24, 2.45) is 5.92 Å². The van der Waals surface area contributed by atoms with Crippen molar-refractivity contribution in [1.29, 1.82) is 0 Å². The van der Waals surface area contributed by atoms with Crippen molar-refractivity contribution in [2.75, 3.05) is 19.3 Å². The van der Waals surface area contributed by atoms with Gasteiger partial charge in [0.2, 0.25) is 0 Å². The highest BCUT2D eigenvalue weighted by molar-refractivity contribution is 7.98. The van der Waals surface area contributed by atoms with E-state index in [1.165, 1.54) is 17.0 Å². The Labute approximate surface area is 151 Å². The summed E-state index contributed by atoms with van der Waals surface area (Å²) in [6.45, 7) is 1.36. The second kappa shape index (κ2) is 8.02. The molecule has 0 spiro atoms. The van der Waals surface area contributed by atoms with Crippen molar-refractivity contribution in [1.82, 2.24) is 4.90 Å². The maximum absolute atomic E-state index is 13.4. The number of hydrogen-bond acceptors (Lipinski definition) is 3. The van der Waals surface area contributed by atoms with Crippen LogP contribution in [0.4, 0.5) is 4.39 Å². The van der Waals surface area contributed by atoms with Gasteiger partial charge in [0.1, 0.15) is 5.82 Å². The predicted molar refractivity (Wildman–Crippen MR) is 98.4 cm³/mol. The summed E-state index contributed by atoms with van der Waals surface area (Å²) in [5.74, 6) is -1.34. The van der Waals surface area contributed by atoms with Crippen LogP contribution in [0.15, 0.2) is 53.4 Å². The average molecular weight is 359 g/mol. The molecule has 25 heavy (non-hydrogen) atoms. The van der Waals surface area contributed by atoms with E-state index in [1.54, 1.807) is 23.9 Å². The van der Waals surface area contributed by atoms with E-state index in [0.717, 1.165) is 24.1 Å². The predicted octanol–water partition coefficient (Wildman–Crippen LogP) is 4.43. The van der Waals surface area contributed by atoms with Crippen LogP contribution in [0.1, 0.15) is 30.0 Å². The van der Waals surface area contributed by atoms with Gasteiger partial charge >= 0.3 is 5.97 Å². The van der Waals surface area contributed by atoms with Crippen molar-refractivity contribution >= 4 is 17.7 Å². The molecule has 1 aliphatic heterocycles. The molecule has 0 aliphatic carbocycles. The lowest BCUT2D eigenvalue weighted by atomic mass is 9.91. The zero-order valence-electron chi connectivity index (χ0n) is 14.2. The molecule has 0 bridgehead atoms. The van der Waals surface area contributed by atoms with Gasteiger partial charge in [-0.25, -0.2) is 4.39 Å². The smallest absolute Gasteiger partial charge is 0.307 e. The van der Waals surface area contributed by atoms with E-state index in [2.05, 4.69) is 29.2 Å². The molecule has 2 unspecified atom stereocenters. The number of carboxylic acid groups (broad SMARTS) is 1. The van der Waals surface area contributed by atoms with Crippen LogP contribution in [0, 0.1) is 11.7 Å². The number of carbonyl (C=O) groups is 1. The molecule has 2 atom stereocenters. The van der Waals surface area contributed by atoms with Gasteiger partial charge in [-0.05, 0) is 61.0 Å². The Bertz CT molecular complexity index is 717. The molecule has 2 aromatic rings. The van der Waals surface area contributed by atoms with Crippen molar-refractivity contribution in [2.45, 2.75) is 23.8 Å². The van der Waals surface area contributed by atoms with Gasteiger partial charge in [-0.3, -0.25) is 9.69 Å². The number of nitrogens with zero attached hydrogens (tertiary/aromatic N) is 1. The van der Waals surface area contributed by atoms with Crippen LogP contribution >= 0.6 is 11.8 Å². The second-order valence-electron chi connectivity index (χ2n) is 6.40. The molecule has 132 valence electrons. The molecule has 1 saturated heterocycles. The number of aliphatic carboxylic acids is 1. The van der Waals surface area contributed by atoms with Gasteiger partial charge in [0.15, 0.2) is 0 Å². The molecule has 0 radical (unpaired) electrons. The first kappa shape index (κ1) is 18.0. The second-order valence-corrected chi connectivity index (χ2v) is 7.28. The van der Waals surface area contributed by atoms with Gasteiger partial charge in [0, 0.05) is 11.4 Å². The van der Waals surface area contributed by atoms with Crippen LogP contribution in [0.3, 0.4) is 0 Å². The number of rotatable bonds is 5. The summed E-state index contributed by atoms with van der Waals surface area (Å²) in [6.07, 6.45) is 3.61. The maximum atomic E-state index is 13.4. The number of piperidine rings is 1. The molecule has 3 rings (SSSR count). The molecule has 2 aromatic carbocycles. The number of likely N-dealkylation sites (tertiary alicyclic amines) is 1. The van der Waals surface area contributed by atoms with Crippen molar-refractivity contribution in [3.63, 3.8) is 0 Å². The van der Waals surface area contributed by atoms with E-state index in [4.69, 9.17) is 0 Å². The minimum absolute atomic E-state index is 0.0568. The topological polar surface area (TPSA) is 40.5 Å². The van der Waals surface area contributed by atoms with Crippen LogP contribution < -0.4 is 0 Å². The van der Waals surface area contributed by atoms with E-state index < -0.39 is 5.97 Å². The first-order valence-corrected chi connectivity index (χ1v) is 9.67. The van der Waals surface area contributed by atoms with Gasteiger partial charge in [-0.2, -0.15) is 0 Å². The fourth-order valence-corrected chi connectivity index (χ4v) is 3.90. The molecular weight excluding hydrogens is 337 g/mol. The van der Waals surface area contributed by atoms with E-state index in [0.29, 0.717) is 13.0 Å². The Morgan fingerprint density at radius 2 is 1.76 bits per heavy atom. The van der Waals surface area contributed by atoms with Gasteiger partial charge in [-0.15, -0.1) is 11.8 Å². The number of carboxylic acids is 1. The summed E-state index contributed by atoms with van der Waals surface area (Å²) >= 11 is 1.69. The van der Waals surface area contributed by atoms with Crippen LogP contribution in [0.2, 0.25) is 0 Å². The van der Waals surface area contributed by atoms with Gasteiger partial charge in [0.05, 0.1) is 12.0 Å². The standard InChI is InChI=1S/C20H22FNO2S/c1-25-18-10-6-15(7-11-18)19(14-4-8-17(21)9-5-14)22-12-2-3-16(13-22)20(23)24/h4-11,16,19H,2-3,12-13H2,1H3,(H,23,24). The highest BCUT2D eigenvalue weighted by Gasteiger charge is 2.31. The van der Waals surface area contributed by atoms with E-state index in [-0.39, 0.29) is 17.8 Å². The minimum Gasteiger partial charge on any atom is -0.481 e. The molecule has 0 aromatic heterocycles. The summed E-state index contributed by atoms with van der Waals surface area (Å²) in [5.41, 5.74) is 2.10. The molecule has 1 fully saturated rings. The van der Waals surface area contributed by atoms with Gasteiger partial charge in [-0.1, -0.05) is 24.3 Å². The fraction of sp³-hybridized carbons (Fsp3) is 0.350. The fourth-order valence-electron chi connectivity index (χ4n) is 3.49. The number of hydrogen-bond donors (Lipinski definition) is 1. The Morgan fingerprint density at radius 3 is 2.32 bits per heavy atom. The number of benzene rings is 2. The number of halogens is 1. The zero-order valence-corrected chi connectivity index (χ0v) is 15.0. The summed E-state index contributed by atoms with van der Waals surface area (Å²) in [6, 6.07) is 14.8. The highest BCUT2D eigenvalue weighted by Crippen LogP contribution is 2.33. The van der Waals surface area contributed by atoms with Crippen LogP contribution in [-0.2, 0) is 4.79 Å². The third kappa shape index (κ3) is 4.22. The molecular formula is C20H22FNO2S. The molecule has 3 nitrogen and oxygen atoms in total. The lowest BCUT2D eigenvalue weighted by Crippen LogP contribution is -2.41. The average Bonchev–Trinajstić information content (AvgIpc) is 2.64. The first-order chi connectivity index (χ1) is 12.1. The van der Waals surface area contributed by atoms with Crippen LogP contribution in [0.5, 0.6) is 0 Å². The lowest BCUT2D eigenvalue weighted by molar-refractivity contribution is -0.143. The summed E-state index contributed by atoms with van der Waals surface area (Å²) in [5, 5.41) is 9.40. The molecule has 5 heteroatoms. The Balaban J connectivity index is 1.95. The summed E-state index contributed by atoms with van der Waals surface area (Å²) in [4.78, 5) is 14.8. The van der Waals surface area contributed by atoms with Crippen LogP contribution in [-0.4, -0.2) is 35.3 Å². The quantitative estimate of drug-likeness (QED) is 0.802. The molecule has 0 amide bonds. The Hall–Kier alpha value is -1.85. The largest absolute Gasteiger partial charge is 0.481 e. The Kier molecular flexibility index (Phi) is 5.76. The van der Waals surface area contributed by atoms with Gasteiger partial charge < -0.3 is 5.11 Å². The summed E-state index contributed by atoms with van der Waals surface area (Å²) in [7, 11) is 0. The lowest BCUT2D eigenvalue weighted by Gasteiger charge is -2.37. The minimum atomic E-state index is -0.736. The first-order valence-electron chi connectivity index (χ1n) is 8.44. The summed E-state index contributed by atoms with van der Waals surface area (Å²) < 4.78 is 13.4. The molecule has 1 N–H and O–H groups in total. The van der Waals surface area contributed by atoms with E-state index in [1.807, 2.05) is 6.26 Å². The highest BCUT2D eigenvalue weighted by atomic mass is 32.2. The normalized spacial score (nSPS) is 19.5. The van der Waals surface area contributed by atoms with Crippen molar-refractivity contribution in [3.05, 3.63) is 65.5 Å². The third-order valence-electron chi connectivity index (χ3n) is 4.78. The maximum Gasteiger partial charge on any atom is 0.307 e. The number of thioether (sulfide) groups is 1. The van der Waals surface area contributed by atoms with Gasteiger partial charge in [0.25, 0.3) is 0 Å². The monoisotopic (exact) mass is 359 g/mol. The third-order valence-corrected chi connectivity index (χ3v) is 5.53. The molecule has 0 saturated carbocycles. The van der Waals surface area contributed by atoms with E-state index in [9.17, 15) is 14.3 Å². The molecule has 1 heterocycles. The van der Waals surface area contributed by atoms with Crippen molar-refractivity contribution < 1.29 is 14.3 Å². The Morgan fingerprint density at radius 1 is 1.16 bits per heavy atom. The van der Waals surface area contributed by atoms with E-state index >= 15 is 0 Å².